The highest BCUT2D eigenvalue weighted by atomic mass is 16.4. The lowest BCUT2D eigenvalue weighted by Gasteiger charge is -2.18. The van der Waals surface area contributed by atoms with Gasteiger partial charge >= 0.3 is 5.97 Å². The van der Waals surface area contributed by atoms with Crippen LogP contribution in [-0.4, -0.2) is 16.1 Å². The van der Waals surface area contributed by atoms with Crippen molar-refractivity contribution in [1.29, 1.82) is 0 Å². The molecule has 1 N–H and O–H groups in total. The largest absolute Gasteiger partial charge is 0.478 e. The van der Waals surface area contributed by atoms with E-state index in [1.807, 2.05) is 25.1 Å². The van der Waals surface area contributed by atoms with Crippen molar-refractivity contribution in [2.75, 3.05) is 0 Å². The quantitative estimate of drug-likeness (QED) is 0.854. The molecule has 1 aromatic heterocycles. The van der Waals surface area contributed by atoms with Crippen molar-refractivity contribution in [3.8, 4) is 0 Å². The van der Waals surface area contributed by atoms with Crippen molar-refractivity contribution in [2.24, 2.45) is 0 Å². The molecule has 0 atom stereocenters. The topological polar surface area (TPSA) is 50.2 Å². The lowest BCUT2D eigenvalue weighted by atomic mass is 9.90. The molecule has 0 saturated heterocycles. The second-order valence-electron chi connectivity index (χ2n) is 5.60. The Labute approximate surface area is 118 Å². The van der Waals surface area contributed by atoms with Gasteiger partial charge in [-0.3, -0.25) is 4.98 Å². The van der Waals surface area contributed by atoms with Gasteiger partial charge in [0.1, 0.15) is 0 Å². The van der Waals surface area contributed by atoms with Crippen LogP contribution in [-0.2, 0) is 12.8 Å². The fourth-order valence-corrected chi connectivity index (χ4v) is 3.19. The molecular formula is C17H19NO2. The number of carboxylic acid groups (broad SMARTS) is 1. The maximum atomic E-state index is 11.8. The highest BCUT2D eigenvalue weighted by Crippen LogP contribution is 2.29. The van der Waals surface area contributed by atoms with Crippen LogP contribution in [0.2, 0.25) is 0 Å². The molecule has 1 aromatic carbocycles. The number of nitrogens with zero attached hydrogens (tertiary/aromatic N) is 1. The Kier molecular flexibility index (Phi) is 3.43. The molecule has 0 bridgehead atoms. The van der Waals surface area contributed by atoms with Crippen LogP contribution in [0.5, 0.6) is 0 Å². The van der Waals surface area contributed by atoms with Crippen LogP contribution in [0.15, 0.2) is 18.2 Å². The number of hydrogen-bond donors (Lipinski definition) is 1. The summed E-state index contributed by atoms with van der Waals surface area (Å²) in [5, 5.41) is 10.5. The second kappa shape index (κ2) is 5.23. The second-order valence-corrected chi connectivity index (χ2v) is 5.60. The Hall–Kier alpha value is -1.90. The number of para-hydroxylation sites is 1. The average Bonchev–Trinajstić information content (AvgIpc) is 2.38. The molecule has 0 fully saturated rings. The van der Waals surface area contributed by atoms with Gasteiger partial charge in [-0.15, -0.1) is 0 Å². The van der Waals surface area contributed by atoms with Crippen LogP contribution in [0.4, 0.5) is 0 Å². The number of pyridine rings is 1. The van der Waals surface area contributed by atoms with E-state index in [0.717, 1.165) is 53.4 Å². The molecule has 3 nitrogen and oxygen atoms in total. The molecule has 0 amide bonds. The van der Waals surface area contributed by atoms with Crippen molar-refractivity contribution in [1.82, 2.24) is 4.98 Å². The first-order chi connectivity index (χ1) is 9.68. The van der Waals surface area contributed by atoms with Gasteiger partial charge in [-0.05, 0) is 43.7 Å². The molecule has 3 rings (SSSR count). The van der Waals surface area contributed by atoms with Gasteiger partial charge in [0.2, 0.25) is 0 Å². The third kappa shape index (κ3) is 2.17. The minimum Gasteiger partial charge on any atom is -0.478 e. The summed E-state index contributed by atoms with van der Waals surface area (Å²) in [6.45, 7) is 2.00. The van der Waals surface area contributed by atoms with E-state index in [0.29, 0.717) is 5.56 Å². The Morgan fingerprint density at radius 1 is 1.15 bits per heavy atom. The smallest absolute Gasteiger partial charge is 0.336 e. The average molecular weight is 269 g/mol. The maximum absolute atomic E-state index is 11.8. The molecule has 20 heavy (non-hydrogen) atoms. The molecule has 2 aromatic rings. The standard InChI is InChI=1S/C17H19NO2/c1-11-7-6-9-13-15(17(19)20)12-8-4-2-3-5-10-14(12)18-16(11)13/h6-7,9H,2-5,8,10H2,1H3,(H,19,20). The molecule has 1 aliphatic carbocycles. The van der Waals surface area contributed by atoms with Gasteiger partial charge in [-0.1, -0.05) is 31.0 Å². The molecule has 0 radical (unpaired) electrons. The van der Waals surface area contributed by atoms with Crippen LogP contribution in [0.3, 0.4) is 0 Å². The summed E-state index contributed by atoms with van der Waals surface area (Å²) in [4.78, 5) is 16.6. The molecule has 0 spiro atoms. The molecule has 1 heterocycles. The van der Waals surface area contributed by atoms with Gasteiger partial charge in [0.25, 0.3) is 0 Å². The number of benzene rings is 1. The minimum absolute atomic E-state index is 0.482. The van der Waals surface area contributed by atoms with E-state index >= 15 is 0 Å². The molecule has 3 heteroatoms. The normalized spacial score (nSPS) is 15.4. The molecule has 0 saturated carbocycles. The van der Waals surface area contributed by atoms with E-state index in [4.69, 9.17) is 4.98 Å². The van der Waals surface area contributed by atoms with Crippen LogP contribution in [0, 0.1) is 6.92 Å². The van der Waals surface area contributed by atoms with E-state index in [9.17, 15) is 9.90 Å². The van der Waals surface area contributed by atoms with Crippen LogP contribution in [0.25, 0.3) is 10.9 Å². The van der Waals surface area contributed by atoms with Crippen LogP contribution < -0.4 is 0 Å². The lowest BCUT2D eigenvalue weighted by Crippen LogP contribution is -2.12. The van der Waals surface area contributed by atoms with E-state index in [1.165, 1.54) is 12.8 Å². The SMILES string of the molecule is Cc1cccc2c(C(=O)O)c3c(nc12)CCCCCC3. The summed E-state index contributed by atoms with van der Waals surface area (Å²) < 4.78 is 0. The molecule has 1 aliphatic rings. The van der Waals surface area contributed by atoms with E-state index < -0.39 is 5.97 Å². The number of rotatable bonds is 1. The van der Waals surface area contributed by atoms with Gasteiger partial charge in [0, 0.05) is 11.1 Å². The number of aromatic nitrogens is 1. The first-order valence-corrected chi connectivity index (χ1v) is 7.33. The summed E-state index contributed by atoms with van der Waals surface area (Å²) in [5.41, 5.74) is 4.36. The number of carboxylic acids is 1. The van der Waals surface area contributed by atoms with E-state index in [1.54, 1.807) is 0 Å². The number of hydrogen-bond acceptors (Lipinski definition) is 2. The van der Waals surface area contributed by atoms with Gasteiger partial charge in [-0.25, -0.2) is 4.79 Å². The monoisotopic (exact) mass is 269 g/mol. The van der Waals surface area contributed by atoms with Gasteiger partial charge < -0.3 is 5.11 Å². The fourth-order valence-electron chi connectivity index (χ4n) is 3.19. The van der Waals surface area contributed by atoms with Crippen LogP contribution in [0.1, 0.15) is 52.9 Å². The number of aryl methyl sites for hydroxylation is 2. The van der Waals surface area contributed by atoms with Crippen molar-refractivity contribution >= 4 is 16.9 Å². The molecule has 104 valence electrons. The number of carbonyl (C=O) groups is 1. The number of fused-ring (bicyclic) bond motifs is 2. The zero-order chi connectivity index (χ0) is 14.1. The third-order valence-electron chi connectivity index (χ3n) is 4.21. The summed E-state index contributed by atoms with van der Waals surface area (Å²) in [6, 6.07) is 5.80. The van der Waals surface area contributed by atoms with Gasteiger partial charge in [0.15, 0.2) is 0 Å². The van der Waals surface area contributed by atoms with Crippen molar-refractivity contribution in [2.45, 2.75) is 45.4 Å². The lowest BCUT2D eigenvalue weighted by molar-refractivity contribution is 0.0697. The predicted molar refractivity (Wildman–Crippen MR) is 79.3 cm³/mol. The number of aromatic carboxylic acids is 1. The fraction of sp³-hybridized carbons (Fsp3) is 0.412. The van der Waals surface area contributed by atoms with Crippen molar-refractivity contribution in [3.63, 3.8) is 0 Å². The Morgan fingerprint density at radius 2 is 1.90 bits per heavy atom. The first-order valence-electron chi connectivity index (χ1n) is 7.33. The maximum Gasteiger partial charge on any atom is 0.336 e. The third-order valence-corrected chi connectivity index (χ3v) is 4.21. The van der Waals surface area contributed by atoms with E-state index in [-0.39, 0.29) is 0 Å². The highest BCUT2D eigenvalue weighted by Gasteiger charge is 2.21. The minimum atomic E-state index is -0.820. The molecular weight excluding hydrogens is 250 g/mol. The Morgan fingerprint density at radius 3 is 2.65 bits per heavy atom. The zero-order valence-corrected chi connectivity index (χ0v) is 11.8. The predicted octanol–water partition coefficient (Wildman–Crippen LogP) is 3.90. The Balaban J connectivity index is 2.34. The summed E-state index contributed by atoms with van der Waals surface area (Å²) in [6.07, 6.45) is 6.32. The molecule has 0 unspecified atom stereocenters. The van der Waals surface area contributed by atoms with Crippen molar-refractivity contribution < 1.29 is 9.90 Å². The van der Waals surface area contributed by atoms with Gasteiger partial charge in [-0.2, -0.15) is 0 Å². The first kappa shape index (κ1) is 13.1. The summed E-state index contributed by atoms with van der Waals surface area (Å²) >= 11 is 0. The highest BCUT2D eigenvalue weighted by molar-refractivity contribution is 6.04. The van der Waals surface area contributed by atoms with Crippen molar-refractivity contribution in [3.05, 3.63) is 40.6 Å². The van der Waals surface area contributed by atoms with Gasteiger partial charge in [0.05, 0.1) is 11.1 Å². The zero-order valence-electron chi connectivity index (χ0n) is 11.8. The van der Waals surface area contributed by atoms with E-state index in [2.05, 4.69) is 0 Å². The van der Waals surface area contributed by atoms with Crippen LogP contribution >= 0.6 is 0 Å². The molecule has 0 aliphatic heterocycles. The summed E-state index contributed by atoms with van der Waals surface area (Å²) in [7, 11) is 0. The Bertz CT molecular complexity index is 676. The summed E-state index contributed by atoms with van der Waals surface area (Å²) in [5.74, 6) is -0.820.